The third kappa shape index (κ3) is 8.53. The van der Waals surface area contributed by atoms with Crippen LogP contribution in [-0.4, -0.2) is 36.9 Å². The monoisotopic (exact) mass is 353 g/mol. The quantitative estimate of drug-likeness (QED) is 0.808. The molecule has 0 unspecified atom stereocenters. The van der Waals surface area contributed by atoms with Crippen molar-refractivity contribution in [1.82, 2.24) is 10.3 Å². The summed E-state index contributed by atoms with van der Waals surface area (Å²) in [6.45, 7) is 4.32. The minimum absolute atomic E-state index is 0.171. The minimum Gasteiger partial charge on any atom is -0.363 e. The van der Waals surface area contributed by atoms with Crippen molar-refractivity contribution >= 4 is 23.3 Å². The Bertz CT molecular complexity index is 468. The molecule has 0 atom stereocenters. The smallest absolute Gasteiger partial charge is 0.220 e. The number of aromatic nitrogens is 1. The van der Waals surface area contributed by atoms with Crippen molar-refractivity contribution in [2.24, 2.45) is 5.92 Å². The predicted octanol–water partition coefficient (Wildman–Crippen LogP) is 4.16. The number of carbonyl (C=O) groups excluding carboxylic acids is 1. The topological polar surface area (TPSA) is 45.2 Å². The number of nitrogens with one attached hydrogen (secondary N) is 1. The van der Waals surface area contributed by atoms with E-state index in [1.54, 1.807) is 0 Å². The summed E-state index contributed by atoms with van der Waals surface area (Å²) in [5.74, 6) is 2.59. The molecule has 1 aromatic rings. The zero-order valence-electron chi connectivity index (χ0n) is 15.5. The van der Waals surface area contributed by atoms with Gasteiger partial charge in [0.25, 0.3) is 0 Å². The number of hydrogen-bond acceptors (Lipinski definition) is 3. The lowest BCUT2D eigenvalue weighted by Gasteiger charge is -2.26. The number of pyridine rings is 1. The van der Waals surface area contributed by atoms with Gasteiger partial charge in [0.15, 0.2) is 0 Å². The van der Waals surface area contributed by atoms with Crippen molar-refractivity contribution in [3.63, 3.8) is 0 Å². The molecule has 0 bridgehead atoms. The average molecular weight is 354 g/mol. The Morgan fingerprint density at radius 1 is 1.29 bits per heavy atom. The molecule has 1 aliphatic rings. The molecule has 1 amide bonds. The van der Waals surface area contributed by atoms with Crippen LogP contribution in [0.3, 0.4) is 0 Å². The van der Waals surface area contributed by atoms with Gasteiger partial charge < -0.3 is 10.2 Å². The van der Waals surface area contributed by atoms with E-state index < -0.39 is 0 Å². The molecule has 5 heteroatoms. The van der Waals surface area contributed by atoms with Crippen LogP contribution in [0.5, 0.6) is 0 Å². The van der Waals surface area contributed by atoms with E-state index in [2.05, 4.69) is 23.3 Å². The number of amides is 1. The summed E-state index contributed by atoms with van der Waals surface area (Å²) in [7, 11) is 3.97. The van der Waals surface area contributed by atoms with Crippen LogP contribution in [0.1, 0.15) is 51.0 Å². The van der Waals surface area contributed by atoms with E-state index in [-0.39, 0.29) is 5.91 Å². The third-order valence-electron chi connectivity index (χ3n) is 4.27. The lowest BCUT2D eigenvalue weighted by atomic mass is 9.87. The predicted molar refractivity (Wildman–Crippen MR) is 103 cm³/mol. The van der Waals surface area contributed by atoms with Crippen LogP contribution in [0.25, 0.3) is 0 Å². The Morgan fingerprint density at radius 2 is 1.96 bits per heavy atom. The second kappa shape index (κ2) is 11.3. The van der Waals surface area contributed by atoms with Crippen molar-refractivity contribution in [1.29, 1.82) is 0 Å². The molecule has 24 heavy (non-hydrogen) atoms. The number of hydrogen-bond donors (Lipinski definition) is 1. The van der Waals surface area contributed by atoms with Gasteiger partial charge in [-0.15, -0.1) is 11.6 Å². The van der Waals surface area contributed by atoms with Gasteiger partial charge in [0.2, 0.25) is 5.91 Å². The molecule has 0 aliphatic heterocycles. The Balaban J connectivity index is 0.000000254. The molecule has 1 aliphatic carbocycles. The van der Waals surface area contributed by atoms with Gasteiger partial charge in [-0.1, -0.05) is 13.0 Å². The fourth-order valence-corrected chi connectivity index (χ4v) is 2.79. The first-order valence-electron chi connectivity index (χ1n) is 8.87. The first-order chi connectivity index (χ1) is 11.4. The van der Waals surface area contributed by atoms with Gasteiger partial charge in [-0.2, -0.15) is 0 Å². The Kier molecular flexibility index (Phi) is 9.77. The molecule has 136 valence electrons. The molecule has 1 aromatic heterocycles. The summed E-state index contributed by atoms with van der Waals surface area (Å²) in [6, 6.07) is 4.49. The fourth-order valence-electron chi connectivity index (χ4n) is 2.66. The van der Waals surface area contributed by atoms with Gasteiger partial charge in [0.05, 0.1) is 0 Å². The van der Waals surface area contributed by atoms with Gasteiger partial charge in [-0.25, -0.2) is 4.98 Å². The Morgan fingerprint density at radius 3 is 2.46 bits per heavy atom. The van der Waals surface area contributed by atoms with Gasteiger partial charge in [0, 0.05) is 38.6 Å². The van der Waals surface area contributed by atoms with E-state index in [9.17, 15) is 4.79 Å². The molecular formula is C19H32ClN3O. The van der Waals surface area contributed by atoms with Crippen molar-refractivity contribution in [2.45, 2.75) is 58.4 Å². The van der Waals surface area contributed by atoms with Crippen LogP contribution in [0.2, 0.25) is 0 Å². The van der Waals surface area contributed by atoms with Crippen molar-refractivity contribution < 1.29 is 4.79 Å². The first kappa shape index (κ1) is 20.8. The number of alkyl halides is 1. The number of aryl methyl sites for hydroxylation is 1. The highest BCUT2D eigenvalue weighted by molar-refractivity contribution is 6.17. The lowest BCUT2D eigenvalue weighted by Crippen LogP contribution is -2.37. The zero-order valence-corrected chi connectivity index (χ0v) is 16.3. The molecule has 0 radical (unpaired) electrons. The number of halogens is 1. The van der Waals surface area contributed by atoms with Crippen LogP contribution < -0.4 is 10.2 Å². The third-order valence-corrected chi connectivity index (χ3v) is 4.54. The number of nitrogens with zero attached hydrogens (tertiary/aromatic N) is 2. The van der Waals surface area contributed by atoms with E-state index in [0.717, 1.165) is 31.0 Å². The molecule has 1 N–H and O–H groups in total. The standard InChI is InChI=1S/C11H20ClNO.C8H12N2/c1-9-4-6-10(7-5-9)13-11(14)3-2-8-12;1-7-4-5-8(9-6-7)10(2)3/h9-10H,2-8H2,1H3,(H,13,14);4-6H,1-3H3. The molecule has 4 nitrogen and oxygen atoms in total. The van der Waals surface area contributed by atoms with E-state index in [1.807, 2.05) is 38.2 Å². The summed E-state index contributed by atoms with van der Waals surface area (Å²) < 4.78 is 0. The largest absolute Gasteiger partial charge is 0.363 e. The summed E-state index contributed by atoms with van der Waals surface area (Å²) in [5, 5.41) is 3.08. The molecule has 1 heterocycles. The van der Waals surface area contributed by atoms with E-state index in [0.29, 0.717) is 18.3 Å². The fraction of sp³-hybridized carbons (Fsp3) is 0.684. The summed E-state index contributed by atoms with van der Waals surface area (Å²) in [4.78, 5) is 17.6. The van der Waals surface area contributed by atoms with Crippen LogP contribution in [-0.2, 0) is 4.79 Å². The van der Waals surface area contributed by atoms with Crippen molar-refractivity contribution in [2.75, 3.05) is 24.9 Å². The highest BCUT2D eigenvalue weighted by Crippen LogP contribution is 2.23. The summed E-state index contributed by atoms with van der Waals surface area (Å²) in [6.07, 6.45) is 8.03. The van der Waals surface area contributed by atoms with E-state index in [1.165, 1.54) is 18.4 Å². The average Bonchev–Trinajstić information content (AvgIpc) is 2.56. The van der Waals surface area contributed by atoms with Gasteiger partial charge in [-0.3, -0.25) is 4.79 Å². The van der Waals surface area contributed by atoms with Gasteiger partial charge in [-0.05, 0) is 56.6 Å². The highest BCUT2D eigenvalue weighted by Gasteiger charge is 2.19. The molecule has 0 saturated heterocycles. The summed E-state index contributed by atoms with van der Waals surface area (Å²) in [5.41, 5.74) is 1.20. The minimum atomic E-state index is 0.171. The number of carbonyl (C=O) groups is 1. The first-order valence-corrected chi connectivity index (χ1v) is 9.41. The number of rotatable bonds is 5. The van der Waals surface area contributed by atoms with Crippen LogP contribution in [0, 0.1) is 12.8 Å². The molecule has 0 aromatic carbocycles. The van der Waals surface area contributed by atoms with Crippen LogP contribution in [0.4, 0.5) is 5.82 Å². The molecule has 2 rings (SSSR count). The Hall–Kier alpha value is -1.29. The van der Waals surface area contributed by atoms with E-state index >= 15 is 0 Å². The number of anilines is 1. The molecule has 0 spiro atoms. The normalized spacial score (nSPS) is 19.9. The van der Waals surface area contributed by atoms with Crippen LogP contribution in [0.15, 0.2) is 18.3 Å². The lowest BCUT2D eigenvalue weighted by molar-refractivity contribution is -0.122. The second-order valence-electron chi connectivity index (χ2n) is 6.91. The maximum atomic E-state index is 11.4. The van der Waals surface area contributed by atoms with Crippen molar-refractivity contribution in [3.05, 3.63) is 23.9 Å². The maximum Gasteiger partial charge on any atom is 0.220 e. The van der Waals surface area contributed by atoms with E-state index in [4.69, 9.17) is 11.6 Å². The van der Waals surface area contributed by atoms with Gasteiger partial charge in [0.1, 0.15) is 5.82 Å². The SMILES string of the molecule is CC1CCC(NC(=O)CCCCl)CC1.Cc1ccc(N(C)C)nc1. The Labute approximate surface area is 152 Å². The van der Waals surface area contributed by atoms with Crippen molar-refractivity contribution in [3.8, 4) is 0 Å². The van der Waals surface area contributed by atoms with Crippen LogP contribution >= 0.6 is 11.6 Å². The molecule has 1 fully saturated rings. The maximum absolute atomic E-state index is 11.4. The van der Waals surface area contributed by atoms with Gasteiger partial charge >= 0.3 is 0 Å². The molecule has 1 saturated carbocycles. The highest BCUT2D eigenvalue weighted by atomic mass is 35.5. The molecular weight excluding hydrogens is 322 g/mol. The summed E-state index contributed by atoms with van der Waals surface area (Å²) >= 11 is 5.53. The second-order valence-corrected chi connectivity index (χ2v) is 7.28. The zero-order chi connectivity index (χ0) is 17.9.